The van der Waals surface area contributed by atoms with Crippen LogP contribution in [0.25, 0.3) is 0 Å². The zero-order valence-electron chi connectivity index (χ0n) is 19.2. The van der Waals surface area contributed by atoms with Crippen molar-refractivity contribution in [2.75, 3.05) is 12.4 Å². The van der Waals surface area contributed by atoms with Crippen LogP contribution < -0.4 is 5.32 Å². The Morgan fingerprint density at radius 1 is 1.24 bits per heavy atom. The van der Waals surface area contributed by atoms with E-state index in [0.717, 1.165) is 16.9 Å². The maximum atomic E-state index is 12.6. The van der Waals surface area contributed by atoms with Crippen molar-refractivity contribution in [1.82, 2.24) is 4.98 Å². The van der Waals surface area contributed by atoms with Crippen molar-refractivity contribution < 1.29 is 14.3 Å². The average molecular weight is 467 g/mol. The molecule has 1 atom stereocenters. The maximum Gasteiger partial charge on any atom is 0.157 e. The summed E-state index contributed by atoms with van der Waals surface area (Å²) in [6.07, 6.45) is 10.6. The quantitative estimate of drug-likeness (QED) is 0.192. The minimum atomic E-state index is -0.119. The van der Waals surface area contributed by atoms with Crippen LogP contribution in [-0.4, -0.2) is 17.9 Å². The van der Waals surface area contributed by atoms with Crippen molar-refractivity contribution in [3.63, 3.8) is 0 Å². The van der Waals surface area contributed by atoms with Gasteiger partial charge in [0.15, 0.2) is 11.5 Å². The molecule has 0 aliphatic rings. The van der Waals surface area contributed by atoms with Gasteiger partial charge in [0.25, 0.3) is 0 Å². The Kier molecular flexibility index (Phi) is 11.0. The Hall–Kier alpha value is -3.31. The first-order chi connectivity index (χ1) is 15.9. The number of Topliss-reactive ketones (excluding diaryl/α,β-unsaturated/α-hetero) is 1. The normalized spacial score (nSPS) is 12.3. The maximum absolute atomic E-state index is 12.6. The van der Waals surface area contributed by atoms with E-state index < -0.39 is 0 Å². The number of hydrogen-bond donors (Lipinski definition) is 1. The van der Waals surface area contributed by atoms with Gasteiger partial charge in [0.1, 0.15) is 18.2 Å². The second-order valence-corrected chi connectivity index (χ2v) is 7.89. The number of pyridine rings is 1. The molecule has 0 aliphatic heterocycles. The molecule has 1 heterocycles. The lowest BCUT2D eigenvalue weighted by molar-refractivity contribution is -0.121. The number of nitrogens with zero attached hydrogens (tertiary/aromatic N) is 1. The van der Waals surface area contributed by atoms with Crippen LogP contribution in [0.3, 0.4) is 0 Å². The van der Waals surface area contributed by atoms with Crippen molar-refractivity contribution >= 4 is 23.2 Å². The number of aromatic nitrogens is 1. The summed E-state index contributed by atoms with van der Waals surface area (Å²) in [7, 11) is 1.55. The van der Waals surface area contributed by atoms with Gasteiger partial charge in [-0.05, 0) is 54.4 Å². The van der Waals surface area contributed by atoms with Gasteiger partial charge < -0.3 is 14.8 Å². The number of anilines is 1. The number of ether oxygens (including phenoxy) is 2. The molecule has 0 spiro atoms. The van der Waals surface area contributed by atoms with Crippen LogP contribution in [0.1, 0.15) is 30.9 Å². The van der Waals surface area contributed by atoms with Crippen LogP contribution in [0.5, 0.6) is 0 Å². The number of methoxy groups -OCH3 is 1. The van der Waals surface area contributed by atoms with Crippen molar-refractivity contribution in [2.24, 2.45) is 5.92 Å². The molecule has 0 saturated carbocycles. The number of carbonyl (C=O) groups is 1. The highest BCUT2D eigenvalue weighted by Crippen LogP contribution is 2.19. The van der Waals surface area contributed by atoms with Gasteiger partial charge in [-0.2, -0.15) is 0 Å². The Labute approximate surface area is 201 Å². The van der Waals surface area contributed by atoms with E-state index >= 15 is 0 Å². The van der Waals surface area contributed by atoms with E-state index in [1.54, 1.807) is 19.5 Å². The number of hydrogen-bond acceptors (Lipinski definition) is 5. The first-order valence-electron chi connectivity index (χ1n) is 10.7. The highest BCUT2D eigenvalue weighted by Gasteiger charge is 2.14. The van der Waals surface area contributed by atoms with E-state index in [1.165, 1.54) is 0 Å². The molecule has 6 heteroatoms. The molecule has 0 saturated heterocycles. The van der Waals surface area contributed by atoms with Gasteiger partial charge in [-0.25, -0.2) is 4.98 Å². The summed E-state index contributed by atoms with van der Waals surface area (Å²) >= 11 is 5.92. The van der Waals surface area contributed by atoms with Crippen LogP contribution in [-0.2, 0) is 27.3 Å². The Morgan fingerprint density at radius 2 is 2.00 bits per heavy atom. The second kappa shape index (κ2) is 14.0. The standard InChI is InChI=1S/C27H31ClN2O3/c1-5-29-27-23(10-9-17-30-27)18-20(2)25(31)11-7-6-8-12-26(21(3)32-4)33-19-22-13-15-24(28)16-14-22/h5-7,9-10,12-17,20H,1,3,8,11,18-19H2,2,4H3,(H,29,30)/b7-6-,26-12+. The molecule has 1 unspecified atom stereocenters. The van der Waals surface area contributed by atoms with E-state index in [1.807, 2.05) is 61.5 Å². The molecular weight excluding hydrogens is 436 g/mol. The molecule has 0 radical (unpaired) electrons. The second-order valence-electron chi connectivity index (χ2n) is 7.45. The van der Waals surface area contributed by atoms with Crippen molar-refractivity contribution in [3.05, 3.63) is 108 Å². The number of carbonyl (C=O) groups excluding carboxylic acids is 1. The number of benzene rings is 1. The summed E-state index contributed by atoms with van der Waals surface area (Å²) < 4.78 is 11.1. The summed E-state index contributed by atoms with van der Waals surface area (Å²) in [4.78, 5) is 16.8. The molecule has 174 valence electrons. The number of allylic oxidation sites excluding steroid dienone is 3. The summed E-state index contributed by atoms with van der Waals surface area (Å²) in [5.74, 6) is 1.80. The van der Waals surface area contributed by atoms with Crippen molar-refractivity contribution in [1.29, 1.82) is 0 Å². The predicted octanol–water partition coefficient (Wildman–Crippen LogP) is 6.64. The molecule has 2 rings (SSSR count). The van der Waals surface area contributed by atoms with Crippen LogP contribution in [0, 0.1) is 5.92 Å². The molecule has 5 nitrogen and oxygen atoms in total. The summed E-state index contributed by atoms with van der Waals surface area (Å²) in [5, 5.41) is 3.69. The van der Waals surface area contributed by atoms with Gasteiger partial charge in [-0.1, -0.05) is 62.0 Å². The summed E-state index contributed by atoms with van der Waals surface area (Å²) in [5.41, 5.74) is 1.98. The highest BCUT2D eigenvalue weighted by molar-refractivity contribution is 6.30. The lowest BCUT2D eigenvalue weighted by Crippen LogP contribution is -2.13. The van der Waals surface area contributed by atoms with Crippen LogP contribution in [0.4, 0.5) is 5.82 Å². The topological polar surface area (TPSA) is 60.5 Å². The van der Waals surface area contributed by atoms with Gasteiger partial charge in [0.05, 0.1) is 7.11 Å². The smallest absolute Gasteiger partial charge is 0.157 e. The highest BCUT2D eigenvalue weighted by atomic mass is 35.5. The summed E-state index contributed by atoms with van der Waals surface area (Å²) in [6.45, 7) is 9.86. The zero-order valence-corrected chi connectivity index (χ0v) is 20.0. The largest absolute Gasteiger partial charge is 0.494 e. The third-order valence-electron chi connectivity index (χ3n) is 4.96. The molecule has 0 amide bonds. The van der Waals surface area contributed by atoms with Crippen LogP contribution >= 0.6 is 11.6 Å². The van der Waals surface area contributed by atoms with Gasteiger partial charge in [0.2, 0.25) is 0 Å². The van der Waals surface area contributed by atoms with Gasteiger partial charge in [0, 0.05) is 23.6 Å². The Morgan fingerprint density at radius 3 is 2.70 bits per heavy atom. The Balaban J connectivity index is 1.86. The third-order valence-corrected chi connectivity index (χ3v) is 5.21. The van der Waals surface area contributed by atoms with Crippen molar-refractivity contribution in [2.45, 2.75) is 32.8 Å². The monoisotopic (exact) mass is 466 g/mol. The van der Waals surface area contributed by atoms with Gasteiger partial charge in [-0.15, -0.1) is 0 Å². The number of nitrogens with one attached hydrogen (secondary N) is 1. The van der Waals surface area contributed by atoms with E-state index in [0.29, 0.717) is 42.4 Å². The minimum Gasteiger partial charge on any atom is -0.494 e. The van der Waals surface area contributed by atoms with E-state index in [9.17, 15) is 4.79 Å². The van der Waals surface area contributed by atoms with Gasteiger partial charge in [-0.3, -0.25) is 4.79 Å². The Bertz CT molecular complexity index is 997. The molecular formula is C27H31ClN2O3. The van der Waals surface area contributed by atoms with Gasteiger partial charge >= 0.3 is 0 Å². The molecule has 1 aromatic carbocycles. The van der Waals surface area contributed by atoms with Crippen molar-refractivity contribution in [3.8, 4) is 0 Å². The molecule has 0 aliphatic carbocycles. The fourth-order valence-corrected chi connectivity index (χ4v) is 3.17. The molecule has 1 N–H and O–H groups in total. The minimum absolute atomic E-state index is 0.119. The molecule has 0 fully saturated rings. The first kappa shape index (κ1) is 25.9. The molecule has 0 bridgehead atoms. The number of ketones is 1. The number of halogens is 1. The van der Waals surface area contributed by atoms with E-state index in [-0.39, 0.29) is 11.7 Å². The molecule has 2 aromatic rings. The van der Waals surface area contributed by atoms with Crippen LogP contribution in [0.2, 0.25) is 5.02 Å². The van der Waals surface area contributed by atoms with E-state index in [2.05, 4.69) is 23.5 Å². The molecule has 1 aromatic heterocycles. The lowest BCUT2D eigenvalue weighted by atomic mass is 9.95. The lowest BCUT2D eigenvalue weighted by Gasteiger charge is -2.12. The fourth-order valence-electron chi connectivity index (χ4n) is 3.04. The molecule has 33 heavy (non-hydrogen) atoms. The third kappa shape index (κ3) is 8.99. The fraction of sp³-hybridized carbons (Fsp3) is 0.259. The van der Waals surface area contributed by atoms with E-state index in [4.69, 9.17) is 21.1 Å². The summed E-state index contributed by atoms with van der Waals surface area (Å²) in [6, 6.07) is 11.3. The SMILES string of the molecule is C=CNc1ncccc1CC(C)C(=O)C/C=C\C/C=C(/OCc1ccc(Cl)cc1)C(=C)OC. The first-order valence-corrected chi connectivity index (χ1v) is 11.1. The van der Waals surface area contributed by atoms with Crippen LogP contribution in [0.15, 0.2) is 91.7 Å². The predicted molar refractivity (Wildman–Crippen MR) is 135 cm³/mol. The average Bonchev–Trinajstić information content (AvgIpc) is 2.82. The zero-order chi connectivity index (χ0) is 24.1. The number of rotatable bonds is 14.